The molecule has 2 heterocycles. The minimum atomic E-state index is -4.47. The molecule has 0 spiro atoms. The highest BCUT2D eigenvalue weighted by Gasteiger charge is 2.33. The highest BCUT2D eigenvalue weighted by atomic mass is 35.5. The summed E-state index contributed by atoms with van der Waals surface area (Å²) in [4.78, 5) is 12.5. The van der Waals surface area contributed by atoms with E-state index >= 15 is 0 Å². The number of carbonyl (C=O) groups excluding carboxylic acids is 1. The topological polar surface area (TPSA) is 34.0 Å². The molecule has 1 aliphatic rings. The van der Waals surface area contributed by atoms with Crippen LogP contribution in [-0.4, -0.2) is 10.5 Å². The van der Waals surface area contributed by atoms with Crippen LogP contribution < -0.4 is 5.32 Å². The van der Waals surface area contributed by atoms with E-state index in [1.165, 1.54) is 6.07 Å². The number of nitrogens with zero attached hydrogens (tertiary/aromatic N) is 1. The Bertz CT molecular complexity index is 1220. The van der Waals surface area contributed by atoms with Crippen molar-refractivity contribution in [2.75, 3.05) is 5.32 Å². The van der Waals surface area contributed by atoms with Crippen LogP contribution in [0.3, 0.4) is 0 Å². The molecule has 1 N–H and O–H groups in total. The molecule has 1 amide bonds. The van der Waals surface area contributed by atoms with Crippen molar-refractivity contribution in [1.82, 2.24) is 4.57 Å². The van der Waals surface area contributed by atoms with Gasteiger partial charge < -0.3 is 9.88 Å². The van der Waals surface area contributed by atoms with Gasteiger partial charge >= 0.3 is 6.18 Å². The molecule has 4 rings (SSSR count). The lowest BCUT2D eigenvalue weighted by molar-refractivity contribution is -0.137. The molecule has 3 aromatic rings. The second kappa shape index (κ2) is 7.06. The summed E-state index contributed by atoms with van der Waals surface area (Å²) in [6, 6.07) is 10.9. The SMILES string of the molecule is Cc1c(Cl)cccc1-n1c(C)cc(/C=C2/C(=O)Nc3cc(C(F)(F)F)ccc32)c1C. The number of aromatic nitrogens is 1. The molecular formula is C23H18ClF3N2O. The number of benzene rings is 2. The van der Waals surface area contributed by atoms with Gasteiger partial charge in [-0.2, -0.15) is 13.2 Å². The summed E-state index contributed by atoms with van der Waals surface area (Å²) in [6.07, 6.45) is -2.75. The predicted molar refractivity (Wildman–Crippen MR) is 113 cm³/mol. The third-order valence-electron chi connectivity index (χ3n) is 5.38. The highest BCUT2D eigenvalue weighted by molar-refractivity contribution is 6.35. The van der Waals surface area contributed by atoms with Crippen molar-refractivity contribution in [3.05, 3.63) is 81.1 Å². The van der Waals surface area contributed by atoms with E-state index in [1.807, 2.05) is 49.6 Å². The first kappa shape index (κ1) is 20.3. The van der Waals surface area contributed by atoms with Gasteiger partial charge in [0.15, 0.2) is 0 Å². The highest BCUT2D eigenvalue weighted by Crippen LogP contribution is 2.39. The molecule has 30 heavy (non-hydrogen) atoms. The number of rotatable bonds is 2. The molecule has 0 aliphatic carbocycles. The van der Waals surface area contributed by atoms with Crippen LogP contribution in [0.25, 0.3) is 17.3 Å². The van der Waals surface area contributed by atoms with Crippen molar-refractivity contribution in [2.45, 2.75) is 26.9 Å². The summed E-state index contributed by atoms with van der Waals surface area (Å²) in [5.74, 6) is -0.423. The smallest absolute Gasteiger partial charge is 0.321 e. The van der Waals surface area contributed by atoms with Gasteiger partial charge in [-0.15, -0.1) is 0 Å². The van der Waals surface area contributed by atoms with Gasteiger partial charge in [-0.25, -0.2) is 0 Å². The second-order valence-corrected chi connectivity index (χ2v) is 7.72. The van der Waals surface area contributed by atoms with Crippen LogP contribution >= 0.6 is 11.6 Å². The zero-order valence-corrected chi connectivity index (χ0v) is 17.2. The van der Waals surface area contributed by atoms with Gasteiger partial charge in [0.1, 0.15) is 0 Å². The third-order valence-corrected chi connectivity index (χ3v) is 5.79. The molecule has 0 radical (unpaired) electrons. The van der Waals surface area contributed by atoms with E-state index in [0.717, 1.165) is 40.3 Å². The Morgan fingerprint density at radius 2 is 1.80 bits per heavy atom. The average molecular weight is 431 g/mol. The van der Waals surface area contributed by atoms with Crippen molar-refractivity contribution in [1.29, 1.82) is 0 Å². The van der Waals surface area contributed by atoms with Crippen molar-refractivity contribution < 1.29 is 18.0 Å². The summed E-state index contributed by atoms with van der Waals surface area (Å²) in [5.41, 5.74) is 4.70. The van der Waals surface area contributed by atoms with Crippen LogP contribution in [-0.2, 0) is 11.0 Å². The molecule has 3 nitrogen and oxygen atoms in total. The first-order valence-electron chi connectivity index (χ1n) is 9.27. The lowest BCUT2D eigenvalue weighted by Crippen LogP contribution is -2.06. The third kappa shape index (κ3) is 3.31. The summed E-state index contributed by atoms with van der Waals surface area (Å²) < 4.78 is 41.0. The molecule has 0 saturated heterocycles. The Balaban J connectivity index is 1.81. The lowest BCUT2D eigenvalue weighted by atomic mass is 10.0. The molecule has 1 aromatic heterocycles. The van der Waals surface area contributed by atoms with Gasteiger partial charge in [-0.1, -0.05) is 23.7 Å². The van der Waals surface area contributed by atoms with E-state index in [9.17, 15) is 18.0 Å². The van der Waals surface area contributed by atoms with E-state index in [0.29, 0.717) is 16.2 Å². The Morgan fingerprint density at radius 3 is 2.50 bits per heavy atom. The van der Waals surface area contributed by atoms with Gasteiger partial charge in [0.2, 0.25) is 0 Å². The maximum absolute atomic E-state index is 13.0. The van der Waals surface area contributed by atoms with Crippen LogP contribution in [0.2, 0.25) is 5.02 Å². The zero-order valence-electron chi connectivity index (χ0n) is 16.5. The fourth-order valence-electron chi connectivity index (χ4n) is 3.81. The van der Waals surface area contributed by atoms with Gasteiger partial charge in [0, 0.05) is 38.9 Å². The Morgan fingerprint density at radius 1 is 1.07 bits per heavy atom. The quantitative estimate of drug-likeness (QED) is 0.458. The summed E-state index contributed by atoms with van der Waals surface area (Å²) in [6.45, 7) is 5.82. The zero-order chi connectivity index (χ0) is 21.8. The van der Waals surface area contributed by atoms with Crippen molar-refractivity contribution >= 4 is 34.8 Å². The van der Waals surface area contributed by atoms with Gasteiger partial charge in [-0.3, -0.25) is 4.79 Å². The fourth-order valence-corrected chi connectivity index (χ4v) is 3.98. The summed E-state index contributed by atoms with van der Waals surface area (Å²) in [5, 5.41) is 3.19. The maximum Gasteiger partial charge on any atom is 0.416 e. The van der Waals surface area contributed by atoms with Gasteiger partial charge in [-0.05, 0) is 68.3 Å². The van der Waals surface area contributed by atoms with Crippen LogP contribution in [0.15, 0.2) is 42.5 Å². The molecule has 2 aromatic carbocycles. The first-order chi connectivity index (χ1) is 14.1. The molecule has 0 bridgehead atoms. The number of anilines is 1. The predicted octanol–water partition coefficient (Wildman–Crippen LogP) is 6.57. The first-order valence-corrected chi connectivity index (χ1v) is 9.65. The molecule has 0 fully saturated rings. The number of halogens is 4. The molecule has 0 saturated carbocycles. The molecule has 154 valence electrons. The maximum atomic E-state index is 13.0. The van der Waals surface area contributed by atoms with Gasteiger partial charge in [0.25, 0.3) is 5.91 Å². The number of amides is 1. The van der Waals surface area contributed by atoms with Crippen molar-refractivity contribution in [2.24, 2.45) is 0 Å². The number of hydrogen-bond donors (Lipinski definition) is 1. The second-order valence-electron chi connectivity index (χ2n) is 7.32. The van der Waals surface area contributed by atoms with Crippen molar-refractivity contribution in [3.8, 4) is 5.69 Å². The largest absolute Gasteiger partial charge is 0.416 e. The number of hydrogen-bond acceptors (Lipinski definition) is 1. The number of alkyl halides is 3. The standard InChI is InChI=1S/C23H18ClF3N2O/c1-12-9-15(14(3)29(12)21-6-4-5-19(24)13(21)2)10-18-17-8-7-16(23(25,26)27)11-20(17)28-22(18)30/h4-11H,1-3H3,(H,28,30)/b18-10+. The van der Waals surface area contributed by atoms with E-state index in [-0.39, 0.29) is 5.69 Å². The van der Waals surface area contributed by atoms with E-state index < -0.39 is 17.6 Å². The minimum absolute atomic E-state index is 0.167. The van der Waals surface area contributed by atoms with Crippen LogP contribution in [0.1, 0.15) is 33.6 Å². The molecule has 7 heteroatoms. The van der Waals surface area contributed by atoms with Gasteiger partial charge in [0.05, 0.1) is 5.56 Å². The number of nitrogens with one attached hydrogen (secondary N) is 1. The Hall–Kier alpha value is -2.99. The number of carbonyl (C=O) groups is 1. The van der Waals surface area contributed by atoms with E-state index in [4.69, 9.17) is 11.6 Å². The number of aryl methyl sites for hydroxylation is 1. The normalized spacial score (nSPS) is 14.9. The van der Waals surface area contributed by atoms with E-state index in [1.54, 1.807) is 6.08 Å². The molecule has 0 atom stereocenters. The molecule has 1 aliphatic heterocycles. The monoisotopic (exact) mass is 430 g/mol. The Kier molecular flexibility index (Phi) is 4.77. The molecule has 0 unspecified atom stereocenters. The molecular weight excluding hydrogens is 413 g/mol. The fraction of sp³-hybridized carbons (Fsp3) is 0.174. The minimum Gasteiger partial charge on any atom is -0.321 e. The number of fused-ring (bicyclic) bond motifs is 1. The summed E-state index contributed by atoms with van der Waals surface area (Å²) >= 11 is 6.27. The van der Waals surface area contributed by atoms with E-state index in [2.05, 4.69) is 5.32 Å². The van der Waals surface area contributed by atoms with Crippen LogP contribution in [0, 0.1) is 20.8 Å². The summed E-state index contributed by atoms with van der Waals surface area (Å²) in [7, 11) is 0. The van der Waals surface area contributed by atoms with Crippen LogP contribution in [0.4, 0.5) is 18.9 Å². The Labute approximate surface area is 176 Å². The van der Waals surface area contributed by atoms with Crippen LogP contribution in [0.5, 0.6) is 0 Å². The van der Waals surface area contributed by atoms with Crippen molar-refractivity contribution in [3.63, 3.8) is 0 Å². The lowest BCUT2D eigenvalue weighted by Gasteiger charge is -2.13. The average Bonchev–Trinajstić information content (AvgIpc) is 3.13.